The number of amides is 1. The molecule has 0 radical (unpaired) electrons. The minimum atomic E-state index is 0.248. The summed E-state index contributed by atoms with van der Waals surface area (Å²) in [6, 6.07) is 0. The molecule has 1 atom stereocenters. The Hall–Kier alpha value is -0.180. The molecule has 2 aliphatic rings. The fraction of sp³-hybridized carbons (Fsp3) is 0.929. The molecule has 2 nitrogen and oxygen atoms in total. The minimum absolute atomic E-state index is 0.248. The maximum atomic E-state index is 12.1. The van der Waals surface area contributed by atoms with Gasteiger partial charge in [0.15, 0.2) is 0 Å². The third-order valence-corrected chi connectivity index (χ3v) is 5.39. The first-order valence-electron chi connectivity index (χ1n) is 6.75. The zero-order valence-electron chi connectivity index (χ0n) is 11.3. The number of hydrogen-bond acceptors (Lipinski definition) is 2. The molecule has 1 saturated heterocycles. The number of carbonyl (C=O) groups excluding carboxylic acids is 1. The largest absolute Gasteiger partial charge is 0.342 e. The van der Waals surface area contributed by atoms with Gasteiger partial charge in [-0.25, -0.2) is 0 Å². The Morgan fingerprint density at radius 3 is 2.41 bits per heavy atom. The highest BCUT2D eigenvalue weighted by atomic mass is 32.1. The van der Waals surface area contributed by atoms with E-state index in [0.717, 1.165) is 25.3 Å². The van der Waals surface area contributed by atoms with E-state index < -0.39 is 0 Å². The quantitative estimate of drug-likeness (QED) is 0.769. The Kier molecular flexibility index (Phi) is 3.50. The molecule has 0 aromatic heterocycles. The fourth-order valence-corrected chi connectivity index (χ4v) is 3.37. The lowest BCUT2D eigenvalue weighted by atomic mass is 9.70. The van der Waals surface area contributed by atoms with Crippen LogP contribution in [-0.4, -0.2) is 29.6 Å². The molecule has 1 unspecified atom stereocenters. The van der Waals surface area contributed by atoms with Crippen LogP contribution < -0.4 is 0 Å². The van der Waals surface area contributed by atoms with Gasteiger partial charge in [-0.2, -0.15) is 12.6 Å². The van der Waals surface area contributed by atoms with Crippen molar-refractivity contribution in [3.05, 3.63) is 0 Å². The molecule has 0 aromatic carbocycles. The summed E-state index contributed by atoms with van der Waals surface area (Å²) in [7, 11) is 0. The molecule has 2 rings (SSSR count). The Morgan fingerprint density at radius 1 is 1.41 bits per heavy atom. The van der Waals surface area contributed by atoms with Crippen LogP contribution in [0.2, 0.25) is 0 Å². The SMILES string of the molecule is CC(C)(C)C1CC(=O)N(CC2(CS)CCC2)C1. The molecular formula is C14H25NOS. The summed E-state index contributed by atoms with van der Waals surface area (Å²) in [5, 5.41) is 0. The topological polar surface area (TPSA) is 20.3 Å². The van der Waals surface area contributed by atoms with Crippen molar-refractivity contribution < 1.29 is 4.79 Å². The van der Waals surface area contributed by atoms with Gasteiger partial charge in [-0.3, -0.25) is 4.79 Å². The second-order valence-corrected chi connectivity index (χ2v) is 7.37. The third-order valence-electron chi connectivity index (χ3n) is 4.72. The number of nitrogens with zero attached hydrogens (tertiary/aromatic N) is 1. The van der Waals surface area contributed by atoms with Crippen molar-refractivity contribution in [1.29, 1.82) is 0 Å². The van der Waals surface area contributed by atoms with Crippen molar-refractivity contribution >= 4 is 18.5 Å². The van der Waals surface area contributed by atoms with E-state index in [1.807, 2.05) is 0 Å². The van der Waals surface area contributed by atoms with Crippen LogP contribution in [0.1, 0.15) is 46.5 Å². The van der Waals surface area contributed by atoms with Crippen LogP contribution in [0.5, 0.6) is 0 Å². The minimum Gasteiger partial charge on any atom is -0.342 e. The first kappa shape index (κ1) is 13.3. The third kappa shape index (κ3) is 2.64. The second kappa shape index (κ2) is 4.49. The van der Waals surface area contributed by atoms with Crippen molar-refractivity contribution in [3.63, 3.8) is 0 Å². The van der Waals surface area contributed by atoms with Gasteiger partial charge >= 0.3 is 0 Å². The highest BCUT2D eigenvalue weighted by molar-refractivity contribution is 7.80. The van der Waals surface area contributed by atoms with E-state index >= 15 is 0 Å². The lowest BCUT2D eigenvalue weighted by Gasteiger charge is -2.43. The van der Waals surface area contributed by atoms with Crippen molar-refractivity contribution in [2.45, 2.75) is 46.5 Å². The smallest absolute Gasteiger partial charge is 0.222 e. The molecule has 1 aliphatic heterocycles. The molecule has 2 fully saturated rings. The summed E-state index contributed by atoms with van der Waals surface area (Å²) in [6.45, 7) is 8.63. The molecule has 1 saturated carbocycles. The lowest BCUT2D eigenvalue weighted by molar-refractivity contribution is -0.129. The van der Waals surface area contributed by atoms with Gasteiger partial charge in [0.05, 0.1) is 0 Å². The molecule has 3 heteroatoms. The van der Waals surface area contributed by atoms with Crippen LogP contribution in [0.25, 0.3) is 0 Å². The average molecular weight is 255 g/mol. The Labute approximate surface area is 111 Å². The summed E-state index contributed by atoms with van der Waals surface area (Å²) < 4.78 is 0. The van der Waals surface area contributed by atoms with Crippen LogP contribution in [0.15, 0.2) is 0 Å². The highest BCUT2D eigenvalue weighted by Gasteiger charge is 2.43. The van der Waals surface area contributed by atoms with Gasteiger partial charge in [0.2, 0.25) is 5.91 Å². The summed E-state index contributed by atoms with van der Waals surface area (Å²) in [4.78, 5) is 14.2. The summed E-state index contributed by atoms with van der Waals surface area (Å²) in [5.41, 5.74) is 0.587. The number of carbonyl (C=O) groups is 1. The normalized spacial score (nSPS) is 28.4. The Bertz CT molecular complexity index is 298. The molecule has 98 valence electrons. The van der Waals surface area contributed by atoms with Gasteiger partial charge in [-0.05, 0) is 35.3 Å². The Balaban J connectivity index is 1.97. The molecule has 1 aliphatic carbocycles. The fourth-order valence-electron chi connectivity index (χ4n) is 2.95. The maximum Gasteiger partial charge on any atom is 0.222 e. The number of rotatable bonds is 3. The van der Waals surface area contributed by atoms with E-state index in [4.69, 9.17) is 0 Å². The zero-order chi connectivity index (χ0) is 12.7. The standard InChI is InChI=1S/C14H25NOS/c1-13(2,3)11-7-12(16)15(8-11)9-14(10-17)5-4-6-14/h11,17H,4-10H2,1-3H3. The van der Waals surface area contributed by atoms with Crippen LogP contribution in [0.4, 0.5) is 0 Å². The molecule has 0 bridgehead atoms. The van der Waals surface area contributed by atoms with Crippen LogP contribution in [0.3, 0.4) is 0 Å². The highest BCUT2D eigenvalue weighted by Crippen LogP contribution is 2.44. The molecule has 0 N–H and O–H groups in total. The van der Waals surface area contributed by atoms with E-state index in [2.05, 4.69) is 38.3 Å². The molecule has 0 aromatic rings. The van der Waals surface area contributed by atoms with Crippen LogP contribution in [0, 0.1) is 16.7 Å². The van der Waals surface area contributed by atoms with Crippen LogP contribution >= 0.6 is 12.6 Å². The monoisotopic (exact) mass is 255 g/mol. The number of thiol groups is 1. The lowest BCUT2D eigenvalue weighted by Crippen LogP contribution is -2.44. The summed E-state index contributed by atoms with van der Waals surface area (Å²) in [5.74, 6) is 1.81. The molecule has 17 heavy (non-hydrogen) atoms. The number of likely N-dealkylation sites (tertiary alicyclic amines) is 1. The van der Waals surface area contributed by atoms with Gasteiger partial charge in [0.1, 0.15) is 0 Å². The summed E-state index contributed by atoms with van der Waals surface area (Å²) >= 11 is 4.48. The van der Waals surface area contributed by atoms with Crippen molar-refractivity contribution in [1.82, 2.24) is 4.90 Å². The van der Waals surface area contributed by atoms with Crippen molar-refractivity contribution in [2.24, 2.45) is 16.7 Å². The molecule has 1 heterocycles. The predicted molar refractivity (Wildman–Crippen MR) is 74.3 cm³/mol. The van der Waals surface area contributed by atoms with Crippen molar-refractivity contribution in [2.75, 3.05) is 18.8 Å². The van der Waals surface area contributed by atoms with E-state index in [-0.39, 0.29) is 5.41 Å². The van der Waals surface area contributed by atoms with E-state index in [0.29, 0.717) is 17.2 Å². The average Bonchev–Trinajstić information content (AvgIpc) is 2.53. The van der Waals surface area contributed by atoms with Crippen LogP contribution in [-0.2, 0) is 4.79 Å². The first-order valence-corrected chi connectivity index (χ1v) is 7.38. The van der Waals surface area contributed by atoms with Gasteiger partial charge in [-0.1, -0.05) is 27.2 Å². The number of hydrogen-bond donors (Lipinski definition) is 1. The molecule has 1 amide bonds. The Morgan fingerprint density at radius 2 is 2.06 bits per heavy atom. The van der Waals surface area contributed by atoms with E-state index in [1.165, 1.54) is 19.3 Å². The van der Waals surface area contributed by atoms with Crippen molar-refractivity contribution in [3.8, 4) is 0 Å². The maximum absolute atomic E-state index is 12.1. The van der Waals surface area contributed by atoms with Gasteiger partial charge in [0.25, 0.3) is 0 Å². The zero-order valence-corrected chi connectivity index (χ0v) is 12.2. The van der Waals surface area contributed by atoms with Gasteiger partial charge < -0.3 is 4.90 Å². The molecular weight excluding hydrogens is 230 g/mol. The predicted octanol–water partition coefficient (Wildman–Crippen LogP) is 2.98. The van der Waals surface area contributed by atoms with Gasteiger partial charge in [-0.15, -0.1) is 0 Å². The van der Waals surface area contributed by atoms with Gasteiger partial charge in [0, 0.05) is 19.5 Å². The van der Waals surface area contributed by atoms with E-state index in [1.54, 1.807) is 0 Å². The first-order chi connectivity index (χ1) is 7.86. The molecule has 0 spiro atoms. The second-order valence-electron chi connectivity index (χ2n) is 7.05. The van der Waals surface area contributed by atoms with E-state index in [9.17, 15) is 4.79 Å². The summed E-state index contributed by atoms with van der Waals surface area (Å²) in [6.07, 6.45) is 4.55.